The number of aromatic nitrogens is 4. The van der Waals surface area contributed by atoms with Crippen molar-refractivity contribution in [2.45, 2.75) is 6.92 Å². The van der Waals surface area contributed by atoms with E-state index >= 15 is 0 Å². The number of anilines is 1. The van der Waals surface area contributed by atoms with Gasteiger partial charge in [0.2, 0.25) is 0 Å². The third-order valence-electron chi connectivity index (χ3n) is 2.06. The molecule has 0 fully saturated rings. The number of halogens is 2. The number of aryl methyl sites for hydroxylation is 1. The van der Waals surface area contributed by atoms with Crippen molar-refractivity contribution in [1.29, 1.82) is 0 Å². The van der Waals surface area contributed by atoms with Crippen LogP contribution in [0.5, 0.6) is 0 Å². The molecule has 2 heterocycles. The van der Waals surface area contributed by atoms with Gasteiger partial charge in [0.25, 0.3) is 0 Å². The van der Waals surface area contributed by atoms with Crippen LogP contribution in [0.4, 0.5) is 5.82 Å². The molecule has 0 saturated carbocycles. The van der Waals surface area contributed by atoms with Gasteiger partial charge in [-0.15, -0.1) is 0 Å². The number of rotatable bonds is 2. The molecule has 0 aromatic carbocycles. The van der Waals surface area contributed by atoms with E-state index in [1.807, 2.05) is 6.92 Å². The SMILES string of the molecule is CNc1ncnc(-n2cc(Cl)c(C)n2)c1Br. The summed E-state index contributed by atoms with van der Waals surface area (Å²) in [7, 11) is 1.79. The van der Waals surface area contributed by atoms with Crippen LogP contribution in [0.3, 0.4) is 0 Å². The molecular weight excluding hydrogens is 293 g/mol. The number of hydrogen-bond donors (Lipinski definition) is 1. The first-order valence-electron chi connectivity index (χ1n) is 4.54. The third kappa shape index (κ3) is 1.90. The minimum atomic E-state index is 0.608. The largest absolute Gasteiger partial charge is 0.372 e. The van der Waals surface area contributed by atoms with Crippen LogP contribution in [-0.2, 0) is 0 Å². The molecule has 1 N–H and O–H groups in total. The van der Waals surface area contributed by atoms with E-state index in [2.05, 4.69) is 36.3 Å². The molecule has 0 saturated heterocycles. The summed E-state index contributed by atoms with van der Waals surface area (Å²) in [6, 6.07) is 0. The third-order valence-corrected chi connectivity index (χ3v) is 3.17. The van der Waals surface area contributed by atoms with E-state index < -0.39 is 0 Å². The first-order chi connectivity index (χ1) is 7.63. The molecule has 16 heavy (non-hydrogen) atoms. The van der Waals surface area contributed by atoms with E-state index in [-0.39, 0.29) is 0 Å². The van der Waals surface area contributed by atoms with Gasteiger partial charge >= 0.3 is 0 Å². The number of nitrogens with one attached hydrogen (secondary N) is 1. The average Bonchev–Trinajstić information content (AvgIpc) is 2.59. The molecule has 2 aromatic rings. The molecule has 0 unspecified atom stereocenters. The summed E-state index contributed by atoms with van der Waals surface area (Å²) in [6.45, 7) is 1.84. The molecule has 0 atom stereocenters. The van der Waals surface area contributed by atoms with E-state index in [9.17, 15) is 0 Å². The van der Waals surface area contributed by atoms with Crippen LogP contribution < -0.4 is 5.32 Å². The zero-order valence-electron chi connectivity index (χ0n) is 8.70. The molecule has 0 radical (unpaired) electrons. The summed E-state index contributed by atoms with van der Waals surface area (Å²) in [6.07, 6.45) is 3.18. The van der Waals surface area contributed by atoms with E-state index in [0.29, 0.717) is 16.7 Å². The summed E-state index contributed by atoms with van der Waals surface area (Å²) in [4.78, 5) is 8.22. The summed E-state index contributed by atoms with van der Waals surface area (Å²) >= 11 is 9.37. The Balaban J connectivity index is 2.55. The minimum Gasteiger partial charge on any atom is -0.372 e. The van der Waals surface area contributed by atoms with Gasteiger partial charge in [-0.25, -0.2) is 14.6 Å². The smallest absolute Gasteiger partial charge is 0.173 e. The number of nitrogens with zero attached hydrogens (tertiary/aromatic N) is 4. The molecule has 0 bridgehead atoms. The van der Waals surface area contributed by atoms with Crippen LogP contribution in [0.1, 0.15) is 5.69 Å². The highest BCUT2D eigenvalue weighted by molar-refractivity contribution is 9.10. The molecule has 0 spiro atoms. The zero-order valence-corrected chi connectivity index (χ0v) is 11.0. The second-order valence-corrected chi connectivity index (χ2v) is 4.32. The van der Waals surface area contributed by atoms with Gasteiger partial charge in [0.1, 0.15) is 16.6 Å². The zero-order chi connectivity index (χ0) is 11.7. The van der Waals surface area contributed by atoms with Gasteiger partial charge in [-0.2, -0.15) is 5.10 Å². The van der Waals surface area contributed by atoms with E-state index in [0.717, 1.165) is 10.2 Å². The molecular formula is C9H9BrClN5. The second-order valence-electron chi connectivity index (χ2n) is 3.12. The Hall–Kier alpha value is -1.14. The lowest BCUT2D eigenvalue weighted by Gasteiger charge is -2.06. The van der Waals surface area contributed by atoms with Gasteiger partial charge in [0.05, 0.1) is 16.9 Å². The lowest BCUT2D eigenvalue weighted by molar-refractivity contribution is 0.821. The van der Waals surface area contributed by atoms with Crippen LogP contribution in [0.15, 0.2) is 17.0 Å². The fraction of sp³-hybridized carbons (Fsp3) is 0.222. The Morgan fingerprint density at radius 1 is 1.44 bits per heavy atom. The molecule has 0 aliphatic rings. The molecule has 2 rings (SSSR count). The van der Waals surface area contributed by atoms with E-state index in [4.69, 9.17) is 11.6 Å². The highest BCUT2D eigenvalue weighted by atomic mass is 79.9. The van der Waals surface area contributed by atoms with Crippen molar-refractivity contribution in [1.82, 2.24) is 19.7 Å². The maximum absolute atomic E-state index is 5.95. The Kier molecular flexibility index (Phi) is 3.11. The van der Waals surface area contributed by atoms with Gasteiger partial charge in [-0.05, 0) is 22.9 Å². The summed E-state index contributed by atoms with van der Waals surface area (Å²) in [5, 5.41) is 7.82. The van der Waals surface area contributed by atoms with Gasteiger partial charge in [0.15, 0.2) is 5.82 Å². The Morgan fingerprint density at radius 2 is 2.19 bits per heavy atom. The predicted molar refractivity (Wildman–Crippen MR) is 66.1 cm³/mol. The average molecular weight is 303 g/mol. The topological polar surface area (TPSA) is 55.6 Å². The van der Waals surface area contributed by atoms with Crippen molar-refractivity contribution in [2.24, 2.45) is 0 Å². The van der Waals surface area contributed by atoms with Crippen molar-refractivity contribution in [2.75, 3.05) is 12.4 Å². The lowest BCUT2D eigenvalue weighted by Crippen LogP contribution is -2.03. The van der Waals surface area contributed by atoms with Crippen molar-refractivity contribution in [3.63, 3.8) is 0 Å². The van der Waals surface area contributed by atoms with Crippen LogP contribution in [0.2, 0.25) is 5.02 Å². The molecule has 5 nitrogen and oxygen atoms in total. The number of hydrogen-bond acceptors (Lipinski definition) is 4. The van der Waals surface area contributed by atoms with Crippen molar-refractivity contribution in [3.05, 3.63) is 27.7 Å². The van der Waals surface area contributed by atoms with Gasteiger partial charge in [-0.3, -0.25) is 0 Å². The summed E-state index contributed by atoms with van der Waals surface area (Å²) in [5.41, 5.74) is 0.762. The Morgan fingerprint density at radius 3 is 2.75 bits per heavy atom. The van der Waals surface area contributed by atoms with E-state index in [1.165, 1.54) is 6.33 Å². The molecule has 0 aliphatic heterocycles. The maximum atomic E-state index is 5.95. The van der Waals surface area contributed by atoms with Crippen LogP contribution in [-0.4, -0.2) is 26.8 Å². The summed E-state index contributed by atoms with van der Waals surface area (Å²) < 4.78 is 2.36. The molecule has 0 aliphatic carbocycles. The normalized spacial score (nSPS) is 10.5. The van der Waals surface area contributed by atoms with Gasteiger partial charge in [0, 0.05) is 7.05 Å². The standard InChI is InChI=1S/C9H9BrClN5/c1-5-6(11)3-16(15-5)9-7(10)8(12-2)13-4-14-9/h3-4H,1-2H3,(H,12,13,14). The van der Waals surface area contributed by atoms with Crippen molar-refractivity contribution < 1.29 is 0 Å². The predicted octanol–water partition coefficient (Wildman–Crippen LogP) is 2.43. The van der Waals surface area contributed by atoms with E-state index in [1.54, 1.807) is 17.9 Å². The quantitative estimate of drug-likeness (QED) is 0.925. The second kappa shape index (κ2) is 4.39. The van der Waals surface area contributed by atoms with Gasteiger partial charge < -0.3 is 5.32 Å². The molecule has 2 aromatic heterocycles. The fourth-order valence-corrected chi connectivity index (χ4v) is 1.96. The first kappa shape index (κ1) is 11.3. The van der Waals surface area contributed by atoms with Crippen molar-refractivity contribution >= 4 is 33.3 Å². The monoisotopic (exact) mass is 301 g/mol. The highest BCUT2D eigenvalue weighted by Gasteiger charge is 2.11. The molecule has 7 heteroatoms. The van der Waals surface area contributed by atoms with Gasteiger partial charge in [-0.1, -0.05) is 11.6 Å². The van der Waals surface area contributed by atoms with Crippen LogP contribution in [0, 0.1) is 6.92 Å². The lowest BCUT2D eigenvalue weighted by atomic mass is 10.5. The molecule has 0 amide bonds. The Bertz CT molecular complexity index is 505. The maximum Gasteiger partial charge on any atom is 0.173 e. The first-order valence-corrected chi connectivity index (χ1v) is 5.71. The Labute approximate surface area is 106 Å². The highest BCUT2D eigenvalue weighted by Crippen LogP contribution is 2.26. The minimum absolute atomic E-state index is 0.608. The van der Waals surface area contributed by atoms with Crippen LogP contribution in [0.25, 0.3) is 5.82 Å². The summed E-state index contributed by atoms with van der Waals surface area (Å²) in [5.74, 6) is 1.35. The fourth-order valence-electron chi connectivity index (χ4n) is 1.24. The van der Waals surface area contributed by atoms with Crippen LogP contribution >= 0.6 is 27.5 Å². The van der Waals surface area contributed by atoms with Crippen molar-refractivity contribution in [3.8, 4) is 5.82 Å². The molecule has 84 valence electrons.